The molecule has 0 radical (unpaired) electrons. The van der Waals surface area contributed by atoms with Crippen molar-refractivity contribution in [2.45, 2.75) is 18.6 Å². The van der Waals surface area contributed by atoms with Crippen molar-refractivity contribution in [3.05, 3.63) is 40.8 Å². The number of carbonyl (C=O) groups excluding carboxylic acids is 1. The molecule has 0 saturated carbocycles. The van der Waals surface area contributed by atoms with Crippen LogP contribution in [0.4, 0.5) is 0 Å². The average molecular weight is 340 g/mol. The SMILES string of the molecule is CO[C@@H]1CC(c2ncc[nH]2)N(C(=O)c2coc(Br)c2)C1. The standard InChI is InChI=1S/C13H14BrN3O3/c1-19-9-5-10(12-15-2-3-16-12)17(6-9)13(18)8-4-11(14)20-7-8/h2-4,7,9-10H,5-6H2,1H3,(H,15,16)/t9-,10?/m1/s1. The normalized spacial score (nSPS) is 22.4. The Balaban J connectivity index is 1.87. The van der Waals surface area contributed by atoms with Crippen LogP contribution in [0.1, 0.15) is 28.6 Å². The van der Waals surface area contributed by atoms with E-state index in [9.17, 15) is 4.79 Å². The molecular weight excluding hydrogens is 326 g/mol. The summed E-state index contributed by atoms with van der Waals surface area (Å²) in [5.41, 5.74) is 0.519. The van der Waals surface area contributed by atoms with Gasteiger partial charge in [-0.25, -0.2) is 4.98 Å². The number of hydrogen-bond donors (Lipinski definition) is 1. The van der Waals surface area contributed by atoms with Gasteiger partial charge in [-0.1, -0.05) is 0 Å². The van der Waals surface area contributed by atoms with Crippen molar-refractivity contribution >= 4 is 21.8 Å². The lowest BCUT2D eigenvalue weighted by Crippen LogP contribution is -2.32. The zero-order valence-electron chi connectivity index (χ0n) is 10.9. The highest BCUT2D eigenvalue weighted by atomic mass is 79.9. The van der Waals surface area contributed by atoms with Crippen molar-refractivity contribution in [1.29, 1.82) is 0 Å². The molecule has 0 aliphatic carbocycles. The molecule has 2 atom stereocenters. The number of aromatic nitrogens is 2. The van der Waals surface area contributed by atoms with E-state index in [2.05, 4.69) is 25.9 Å². The molecule has 2 aromatic rings. The summed E-state index contributed by atoms with van der Waals surface area (Å²) in [6.45, 7) is 0.545. The second kappa shape index (κ2) is 5.41. The fourth-order valence-corrected chi connectivity index (χ4v) is 2.84. The smallest absolute Gasteiger partial charge is 0.257 e. The lowest BCUT2D eigenvalue weighted by Gasteiger charge is -2.22. The van der Waals surface area contributed by atoms with E-state index in [1.54, 1.807) is 30.5 Å². The van der Waals surface area contributed by atoms with Gasteiger partial charge in [0.15, 0.2) is 4.67 Å². The minimum Gasteiger partial charge on any atom is -0.457 e. The van der Waals surface area contributed by atoms with Crippen LogP contribution in [0.15, 0.2) is 33.8 Å². The van der Waals surface area contributed by atoms with Crippen molar-refractivity contribution in [1.82, 2.24) is 14.9 Å². The predicted molar refractivity (Wildman–Crippen MR) is 74.2 cm³/mol. The van der Waals surface area contributed by atoms with E-state index in [4.69, 9.17) is 9.15 Å². The van der Waals surface area contributed by atoms with Crippen LogP contribution < -0.4 is 0 Å². The second-order valence-corrected chi connectivity index (χ2v) is 5.46. The first-order valence-corrected chi connectivity index (χ1v) is 7.05. The number of imidazole rings is 1. The maximum absolute atomic E-state index is 12.6. The molecule has 1 fully saturated rings. The molecule has 1 unspecified atom stereocenters. The van der Waals surface area contributed by atoms with Crippen LogP contribution in [0.3, 0.4) is 0 Å². The number of hydrogen-bond acceptors (Lipinski definition) is 4. The summed E-state index contributed by atoms with van der Waals surface area (Å²) >= 11 is 3.21. The summed E-state index contributed by atoms with van der Waals surface area (Å²) < 4.78 is 11.1. The van der Waals surface area contributed by atoms with Gasteiger partial charge in [-0.3, -0.25) is 4.79 Å². The van der Waals surface area contributed by atoms with Crippen molar-refractivity contribution in [2.24, 2.45) is 0 Å². The summed E-state index contributed by atoms with van der Waals surface area (Å²) in [4.78, 5) is 21.7. The first kappa shape index (κ1) is 13.4. The molecule has 1 N–H and O–H groups in total. The number of ether oxygens (including phenoxy) is 1. The zero-order valence-corrected chi connectivity index (χ0v) is 12.5. The first-order valence-electron chi connectivity index (χ1n) is 6.26. The third-order valence-corrected chi connectivity index (χ3v) is 3.92. The number of methoxy groups -OCH3 is 1. The molecule has 1 aliphatic rings. The summed E-state index contributed by atoms with van der Waals surface area (Å²) in [5, 5.41) is 0. The molecule has 2 aromatic heterocycles. The van der Waals surface area contributed by atoms with E-state index in [0.29, 0.717) is 16.8 Å². The Morgan fingerprint density at radius 1 is 1.65 bits per heavy atom. The Kier molecular flexibility index (Phi) is 3.62. The number of aromatic amines is 1. The molecule has 6 nitrogen and oxygen atoms in total. The average Bonchev–Trinajstić information content (AvgIpc) is 3.17. The Labute approximate surface area is 124 Å². The zero-order chi connectivity index (χ0) is 14.1. The maximum Gasteiger partial charge on any atom is 0.257 e. The van der Waals surface area contributed by atoms with Crippen LogP contribution in [-0.2, 0) is 4.74 Å². The molecule has 3 rings (SSSR count). The maximum atomic E-state index is 12.6. The number of carbonyl (C=O) groups is 1. The molecular formula is C13H14BrN3O3. The Morgan fingerprint density at radius 2 is 2.50 bits per heavy atom. The van der Waals surface area contributed by atoms with Gasteiger partial charge in [0, 0.05) is 38.5 Å². The topological polar surface area (TPSA) is 71.4 Å². The Hall–Kier alpha value is -1.60. The second-order valence-electron chi connectivity index (χ2n) is 4.68. The fraction of sp³-hybridized carbons (Fsp3) is 0.385. The summed E-state index contributed by atoms with van der Waals surface area (Å²) in [6.07, 6.45) is 5.64. The fourth-order valence-electron chi connectivity index (χ4n) is 2.50. The highest BCUT2D eigenvalue weighted by molar-refractivity contribution is 9.10. The lowest BCUT2D eigenvalue weighted by molar-refractivity contribution is 0.0684. The van der Waals surface area contributed by atoms with Crippen LogP contribution in [0.25, 0.3) is 0 Å². The summed E-state index contributed by atoms with van der Waals surface area (Å²) in [5.74, 6) is 0.695. The Morgan fingerprint density at radius 3 is 3.10 bits per heavy atom. The highest BCUT2D eigenvalue weighted by Gasteiger charge is 2.38. The number of halogens is 1. The van der Waals surface area contributed by atoms with Crippen LogP contribution >= 0.6 is 15.9 Å². The van der Waals surface area contributed by atoms with E-state index >= 15 is 0 Å². The number of amides is 1. The number of nitrogens with zero attached hydrogens (tertiary/aromatic N) is 2. The van der Waals surface area contributed by atoms with Gasteiger partial charge < -0.3 is 19.0 Å². The monoisotopic (exact) mass is 339 g/mol. The van der Waals surface area contributed by atoms with Gasteiger partial charge in [-0.15, -0.1) is 0 Å². The molecule has 0 spiro atoms. The van der Waals surface area contributed by atoms with Crippen molar-refractivity contribution < 1.29 is 13.9 Å². The van der Waals surface area contributed by atoms with Gasteiger partial charge in [0.05, 0.1) is 17.7 Å². The minimum atomic E-state index is -0.101. The van der Waals surface area contributed by atoms with Gasteiger partial charge in [0.1, 0.15) is 12.1 Å². The van der Waals surface area contributed by atoms with Crippen LogP contribution in [0.5, 0.6) is 0 Å². The third kappa shape index (κ3) is 2.38. The Bertz CT molecular complexity index is 596. The number of likely N-dealkylation sites (tertiary alicyclic amines) is 1. The summed E-state index contributed by atoms with van der Waals surface area (Å²) in [7, 11) is 1.66. The highest BCUT2D eigenvalue weighted by Crippen LogP contribution is 2.33. The molecule has 20 heavy (non-hydrogen) atoms. The van der Waals surface area contributed by atoms with E-state index in [1.807, 2.05) is 0 Å². The first-order chi connectivity index (χ1) is 9.69. The van der Waals surface area contributed by atoms with Crippen molar-refractivity contribution in [3.8, 4) is 0 Å². The van der Waals surface area contributed by atoms with Crippen LogP contribution in [-0.4, -0.2) is 40.5 Å². The van der Waals surface area contributed by atoms with Gasteiger partial charge >= 0.3 is 0 Å². The van der Waals surface area contributed by atoms with E-state index in [0.717, 1.165) is 12.2 Å². The van der Waals surface area contributed by atoms with E-state index < -0.39 is 0 Å². The van der Waals surface area contributed by atoms with Crippen molar-refractivity contribution in [2.75, 3.05) is 13.7 Å². The van der Waals surface area contributed by atoms with Gasteiger partial charge in [0.2, 0.25) is 0 Å². The van der Waals surface area contributed by atoms with Crippen LogP contribution in [0, 0.1) is 0 Å². The molecule has 0 bridgehead atoms. The number of nitrogens with one attached hydrogen (secondary N) is 1. The third-order valence-electron chi connectivity index (χ3n) is 3.51. The molecule has 106 valence electrons. The van der Waals surface area contributed by atoms with E-state index in [1.165, 1.54) is 6.26 Å². The quantitative estimate of drug-likeness (QED) is 0.931. The van der Waals surface area contributed by atoms with Gasteiger partial charge in [0.25, 0.3) is 5.91 Å². The van der Waals surface area contributed by atoms with E-state index in [-0.39, 0.29) is 18.1 Å². The molecule has 1 saturated heterocycles. The number of furan rings is 1. The summed E-state index contributed by atoms with van der Waals surface area (Å²) in [6, 6.07) is 1.57. The number of H-pyrrole nitrogens is 1. The van der Waals surface area contributed by atoms with Gasteiger partial charge in [-0.05, 0) is 15.9 Å². The predicted octanol–water partition coefficient (Wildman–Crippen LogP) is 2.37. The lowest BCUT2D eigenvalue weighted by atomic mass is 10.2. The largest absolute Gasteiger partial charge is 0.457 e. The molecule has 1 amide bonds. The molecule has 1 aliphatic heterocycles. The molecule has 0 aromatic carbocycles. The van der Waals surface area contributed by atoms with Crippen molar-refractivity contribution in [3.63, 3.8) is 0 Å². The minimum absolute atomic E-state index is 0.0180. The molecule has 3 heterocycles. The molecule has 7 heteroatoms. The van der Waals surface area contributed by atoms with Gasteiger partial charge in [-0.2, -0.15) is 0 Å². The van der Waals surface area contributed by atoms with Crippen LogP contribution in [0.2, 0.25) is 0 Å². The number of rotatable bonds is 3.